The molecule has 0 aromatic rings. The van der Waals surface area contributed by atoms with Crippen LogP contribution in [-0.4, -0.2) is 22.1 Å². The number of allylic oxidation sites excluding steroid dienone is 1. The van der Waals surface area contributed by atoms with Gasteiger partial charge in [-0.3, -0.25) is 4.79 Å². The Kier molecular flexibility index (Phi) is 1.47. The topological polar surface area (TPSA) is 83.6 Å². The third-order valence-electron chi connectivity index (χ3n) is 1.25. The molecule has 0 heterocycles. The van der Waals surface area contributed by atoms with Gasteiger partial charge in [0, 0.05) is 0 Å². The van der Waals surface area contributed by atoms with E-state index >= 15 is 0 Å². The predicted molar refractivity (Wildman–Crippen MR) is 34.0 cm³/mol. The van der Waals surface area contributed by atoms with Crippen LogP contribution in [-0.2, 0) is 4.79 Å². The number of aliphatic hydroxyl groups excluding tert-OH is 2. The van der Waals surface area contributed by atoms with Crippen molar-refractivity contribution in [2.75, 3.05) is 0 Å². The monoisotopic (exact) mass is 141 g/mol. The molecule has 0 aromatic heterocycles. The van der Waals surface area contributed by atoms with E-state index in [0.717, 1.165) is 6.08 Å². The highest BCUT2D eigenvalue weighted by Gasteiger charge is 2.22. The maximum absolute atomic E-state index is 10.6. The van der Waals surface area contributed by atoms with E-state index in [1.807, 2.05) is 0 Å². The van der Waals surface area contributed by atoms with Gasteiger partial charge in [0.05, 0.1) is 5.70 Å². The lowest BCUT2D eigenvalue weighted by atomic mass is 10.1. The summed E-state index contributed by atoms with van der Waals surface area (Å²) >= 11 is 0. The molecule has 4 heteroatoms. The van der Waals surface area contributed by atoms with E-state index in [9.17, 15) is 4.79 Å². The van der Waals surface area contributed by atoms with Crippen LogP contribution in [0.15, 0.2) is 23.6 Å². The molecule has 0 saturated carbocycles. The number of ketones is 1. The number of hydrogen-bond donors (Lipinski definition) is 3. The molecule has 10 heavy (non-hydrogen) atoms. The van der Waals surface area contributed by atoms with Crippen LogP contribution in [0.5, 0.6) is 0 Å². The highest BCUT2D eigenvalue weighted by atomic mass is 16.3. The smallest absolute Gasteiger partial charge is 0.192 e. The average molecular weight is 141 g/mol. The summed E-state index contributed by atoms with van der Waals surface area (Å²) in [6.45, 7) is 0. The van der Waals surface area contributed by atoms with E-state index in [-0.39, 0.29) is 5.70 Å². The first-order valence-corrected chi connectivity index (χ1v) is 2.71. The molecule has 1 rings (SSSR count). The molecule has 1 atom stereocenters. The van der Waals surface area contributed by atoms with Crippen molar-refractivity contribution in [2.24, 2.45) is 5.73 Å². The first-order valence-electron chi connectivity index (χ1n) is 2.71. The summed E-state index contributed by atoms with van der Waals surface area (Å²) in [5.74, 6) is -1.01. The summed E-state index contributed by atoms with van der Waals surface area (Å²) in [6.07, 6.45) is 0.911. The van der Waals surface area contributed by atoms with Gasteiger partial charge in [-0.25, -0.2) is 0 Å². The zero-order valence-electron chi connectivity index (χ0n) is 5.11. The van der Waals surface area contributed by atoms with Crippen molar-refractivity contribution in [3.05, 3.63) is 23.6 Å². The largest absolute Gasteiger partial charge is 0.507 e. The van der Waals surface area contributed by atoms with Crippen molar-refractivity contribution in [1.82, 2.24) is 0 Å². The molecule has 1 unspecified atom stereocenters. The maximum atomic E-state index is 10.6. The highest BCUT2D eigenvalue weighted by molar-refractivity contribution is 5.97. The van der Waals surface area contributed by atoms with Crippen LogP contribution in [0.3, 0.4) is 0 Å². The molecule has 0 bridgehead atoms. The molecule has 0 aromatic carbocycles. The second-order valence-corrected chi connectivity index (χ2v) is 1.98. The van der Waals surface area contributed by atoms with E-state index in [0.29, 0.717) is 0 Å². The molecular weight excluding hydrogens is 134 g/mol. The molecule has 0 radical (unpaired) electrons. The Morgan fingerprint density at radius 1 is 1.50 bits per heavy atom. The average Bonchev–Trinajstić information content (AvgIpc) is 1.93. The number of aliphatic hydroxyl groups is 2. The van der Waals surface area contributed by atoms with Crippen molar-refractivity contribution in [1.29, 1.82) is 0 Å². The Balaban J connectivity index is 2.99. The Morgan fingerprint density at radius 3 is 2.60 bits per heavy atom. The fourth-order valence-electron chi connectivity index (χ4n) is 0.641. The minimum atomic E-state index is -1.47. The summed E-state index contributed by atoms with van der Waals surface area (Å²) in [7, 11) is 0. The van der Waals surface area contributed by atoms with E-state index in [4.69, 9.17) is 15.9 Å². The fourth-order valence-corrected chi connectivity index (χ4v) is 0.641. The number of carbonyl (C=O) groups excluding carboxylic acids is 1. The van der Waals surface area contributed by atoms with E-state index in [1.54, 1.807) is 0 Å². The van der Waals surface area contributed by atoms with Crippen LogP contribution in [0.25, 0.3) is 0 Å². The van der Waals surface area contributed by atoms with E-state index < -0.39 is 17.6 Å². The quantitative estimate of drug-likeness (QED) is 0.413. The Bertz CT molecular complexity index is 229. The van der Waals surface area contributed by atoms with Crippen LogP contribution in [0.2, 0.25) is 0 Å². The fraction of sp³-hybridized carbons (Fsp3) is 0.167. The molecule has 0 amide bonds. The summed E-state index contributed by atoms with van der Waals surface area (Å²) < 4.78 is 0. The number of carbonyl (C=O) groups is 1. The van der Waals surface area contributed by atoms with Crippen LogP contribution in [0.1, 0.15) is 0 Å². The molecule has 0 fully saturated rings. The summed E-state index contributed by atoms with van der Waals surface area (Å²) in [5.41, 5.74) is 5.20. The van der Waals surface area contributed by atoms with Gasteiger partial charge in [-0.15, -0.1) is 0 Å². The van der Waals surface area contributed by atoms with Crippen molar-refractivity contribution in [3.8, 4) is 0 Å². The zero-order valence-corrected chi connectivity index (χ0v) is 5.11. The van der Waals surface area contributed by atoms with E-state index in [1.165, 1.54) is 6.08 Å². The Labute approximate surface area is 57.3 Å². The molecule has 0 aliphatic heterocycles. The van der Waals surface area contributed by atoms with Crippen molar-refractivity contribution in [2.45, 2.75) is 6.10 Å². The van der Waals surface area contributed by atoms with Crippen LogP contribution in [0.4, 0.5) is 0 Å². The van der Waals surface area contributed by atoms with Crippen LogP contribution >= 0.6 is 0 Å². The maximum Gasteiger partial charge on any atom is 0.192 e. The highest BCUT2D eigenvalue weighted by Crippen LogP contribution is 2.09. The second-order valence-electron chi connectivity index (χ2n) is 1.98. The normalized spacial score (nSPS) is 25.7. The molecule has 4 nitrogen and oxygen atoms in total. The first-order chi connectivity index (χ1) is 4.63. The Hall–Kier alpha value is -1.29. The first kappa shape index (κ1) is 6.82. The second kappa shape index (κ2) is 2.15. The van der Waals surface area contributed by atoms with Gasteiger partial charge in [-0.2, -0.15) is 0 Å². The van der Waals surface area contributed by atoms with Crippen molar-refractivity contribution < 1.29 is 15.0 Å². The van der Waals surface area contributed by atoms with E-state index in [2.05, 4.69) is 0 Å². The summed E-state index contributed by atoms with van der Waals surface area (Å²) in [6, 6.07) is 0. The Morgan fingerprint density at radius 2 is 2.10 bits per heavy atom. The molecule has 4 N–H and O–H groups in total. The third kappa shape index (κ3) is 0.886. The molecule has 54 valence electrons. The van der Waals surface area contributed by atoms with Gasteiger partial charge >= 0.3 is 0 Å². The van der Waals surface area contributed by atoms with Gasteiger partial charge in [-0.05, 0) is 12.2 Å². The predicted octanol–water partition coefficient (Wildman–Crippen LogP) is -0.785. The molecule has 0 spiro atoms. The molecule has 0 saturated heterocycles. The number of rotatable bonds is 0. The van der Waals surface area contributed by atoms with Gasteiger partial charge in [0.2, 0.25) is 0 Å². The summed E-state index contributed by atoms with van der Waals surface area (Å²) in [5, 5.41) is 17.7. The van der Waals surface area contributed by atoms with Crippen molar-refractivity contribution >= 4 is 5.78 Å². The van der Waals surface area contributed by atoms with Gasteiger partial charge in [0.25, 0.3) is 0 Å². The van der Waals surface area contributed by atoms with Gasteiger partial charge in [0.1, 0.15) is 0 Å². The van der Waals surface area contributed by atoms with Gasteiger partial charge < -0.3 is 15.9 Å². The van der Waals surface area contributed by atoms with Crippen LogP contribution < -0.4 is 5.73 Å². The number of hydrogen-bond acceptors (Lipinski definition) is 4. The lowest BCUT2D eigenvalue weighted by molar-refractivity contribution is -0.122. The third-order valence-corrected chi connectivity index (χ3v) is 1.25. The minimum Gasteiger partial charge on any atom is -0.507 e. The minimum absolute atomic E-state index is 0.0344. The lowest BCUT2D eigenvalue weighted by Gasteiger charge is -2.11. The molecule has 1 aliphatic carbocycles. The van der Waals surface area contributed by atoms with Gasteiger partial charge in [-0.1, -0.05) is 0 Å². The SMILES string of the molecule is NC1=C(O)C(O)C(=O)C=C1. The van der Waals surface area contributed by atoms with Crippen LogP contribution in [0, 0.1) is 0 Å². The standard InChI is InChI=1S/C6H7NO3/c7-3-1-2-4(8)6(10)5(3)9/h1-2,6,9-10H,7H2. The van der Waals surface area contributed by atoms with Gasteiger partial charge in [0.15, 0.2) is 17.6 Å². The number of nitrogens with two attached hydrogens (primary N) is 1. The van der Waals surface area contributed by atoms with Crippen molar-refractivity contribution in [3.63, 3.8) is 0 Å². The molecular formula is C6H7NO3. The lowest BCUT2D eigenvalue weighted by Crippen LogP contribution is -2.26. The molecule has 1 aliphatic rings. The zero-order chi connectivity index (χ0) is 7.72. The summed E-state index contributed by atoms with van der Waals surface area (Å²) in [4.78, 5) is 10.6.